The molecule has 3 atom stereocenters. The molecule has 0 saturated heterocycles. The SMILES string of the molecule is CC(C)CN(C[C@@H](O)C(Cc1ccccc1)NC(=O)[C@H](CC(N)=O)NC(=O)c1ccc2ccccc2n1)S(=O)(=O)NC(C)(C)C. The normalized spacial score (nSPS) is 14.2. The van der Waals surface area contributed by atoms with E-state index in [1.54, 1.807) is 51.1 Å². The van der Waals surface area contributed by atoms with Gasteiger partial charge in [-0.05, 0) is 50.8 Å². The van der Waals surface area contributed by atoms with Crippen LogP contribution in [0.25, 0.3) is 10.9 Å². The third-order valence-electron chi connectivity index (χ3n) is 6.68. The Labute approximate surface area is 265 Å². The van der Waals surface area contributed by atoms with Gasteiger partial charge < -0.3 is 21.5 Å². The lowest BCUT2D eigenvalue weighted by atomic mass is 10.00. The van der Waals surface area contributed by atoms with Crippen LogP contribution in [0.5, 0.6) is 0 Å². The van der Waals surface area contributed by atoms with Crippen LogP contribution < -0.4 is 21.1 Å². The topological polar surface area (TPSA) is 184 Å². The number of nitrogens with one attached hydrogen (secondary N) is 3. The molecule has 3 amide bonds. The summed E-state index contributed by atoms with van der Waals surface area (Å²) >= 11 is 0. The van der Waals surface area contributed by atoms with Crippen molar-refractivity contribution in [2.24, 2.45) is 11.7 Å². The van der Waals surface area contributed by atoms with Crippen LogP contribution in [0.3, 0.4) is 0 Å². The van der Waals surface area contributed by atoms with Gasteiger partial charge in [-0.15, -0.1) is 0 Å². The van der Waals surface area contributed by atoms with Crippen LogP contribution in [0.4, 0.5) is 0 Å². The molecule has 6 N–H and O–H groups in total. The predicted octanol–water partition coefficient (Wildman–Crippen LogP) is 1.89. The third-order valence-corrected chi connectivity index (χ3v) is 8.53. The highest BCUT2D eigenvalue weighted by atomic mass is 32.2. The molecule has 0 aliphatic heterocycles. The first-order chi connectivity index (χ1) is 21.0. The van der Waals surface area contributed by atoms with E-state index in [1.165, 1.54) is 6.07 Å². The Morgan fingerprint density at radius 2 is 1.58 bits per heavy atom. The summed E-state index contributed by atoms with van der Waals surface area (Å²) in [5.74, 6) is -2.35. The number of nitrogens with zero attached hydrogens (tertiary/aromatic N) is 2. The van der Waals surface area contributed by atoms with Gasteiger partial charge in [0.2, 0.25) is 11.8 Å². The predicted molar refractivity (Wildman–Crippen MR) is 173 cm³/mol. The molecule has 1 heterocycles. The number of nitrogens with two attached hydrogens (primary N) is 1. The molecule has 3 rings (SSSR count). The van der Waals surface area contributed by atoms with E-state index in [-0.39, 0.29) is 31.1 Å². The number of carbonyl (C=O) groups is 3. The smallest absolute Gasteiger partial charge is 0.280 e. The zero-order chi connectivity index (χ0) is 33.4. The van der Waals surface area contributed by atoms with Gasteiger partial charge in [-0.3, -0.25) is 14.4 Å². The zero-order valence-corrected chi connectivity index (χ0v) is 27.2. The summed E-state index contributed by atoms with van der Waals surface area (Å²) in [6.07, 6.45) is -1.74. The Hall–Kier alpha value is -3.91. The van der Waals surface area contributed by atoms with E-state index in [1.807, 2.05) is 44.2 Å². The number of rotatable bonds is 15. The van der Waals surface area contributed by atoms with E-state index in [2.05, 4.69) is 20.3 Å². The van der Waals surface area contributed by atoms with Gasteiger partial charge in [0.1, 0.15) is 11.7 Å². The van der Waals surface area contributed by atoms with E-state index >= 15 is 0 Å². The van der Waals surface area contributed by atoms with Crippen molar-refractivity contribution in [3.63, 3.8) is 0 Å². The quantitative estimate of drug-likeness (QED) is 0.168. The number of amides is 3. The Balaban J connectivity index is 1.87. The summed E-state index contributed by atoms with van der Waals surface area (Å²) in [6, 6.07) is 17.1. The molecule has 13 heteroatoms. The number of hydrogen-bond donors (Lipinski definition) is 5. The Morgan fingerprint density at radius 1 is 0.933 bits per heavy atom. The highest BCUT2D eigenvalue weighted by molar-refractivity contribution is 7.87. The van der Waals surface area contributed by atoms with E-state index in [0.29, 0.717) is 5.52 Å². The molecule has 244 valence electrons. The largest absolute Gasteiger partial charge is 0.390 e. The van der Waals surface area contributed by atoms with Crippen LogP contribution in [0.1, 0.15) is 57.1 Å². The van der Waals surface area contributed by atoms with Crippen LogP contribution in [0.15, 0.2) is 66.7 Å². The molecule has 0 bridgehead atoms. The van der Waals surface area contributed by atoms with Crippen LogP contribution in [-0.4, -0.2) is 77.4 Å². The number of aliphatic hydroxyl groups is 1. The molecule has 0 radical (unpaired) electrons. The molecular formula is C32H44N6O6S. The summed E-state index contributed by atoms with van der Waals surface area (Å²) in [7, 11) is -4.01. The Bertz CT molecular complexity index is 1580. The zero-order valence-electron chi connectivity index (χ0n) is 26.4. The first kappa shape index (κ1) is 35.6. The second-order valence-electron chi connectivity index (χ2n) is 12.5. The van der Waals surface area contributed by atoms with Gasteiger partial charge in [0.15, 0.2) is 0 Å². The van der Waals surface area contributed by atoms with Gasteiger partial charge in [0.05, 0.1) is 24.1 Å². The van der Waals surface area contributed by atoms with Crippen molar-refractivity contribution >= 4 is 38.8 Å². The number of pyridine rings is 1. The van der Waals surface area contributed by atoms with Gasteiger partial charge in [0.25, 0.3) is 16.1 Å². The molecule has 45 heavy (non-hydrogen) atoms. The van der Waals surface area contributed by atoms with Crippen LogP contribution >= 0.6 is 0 Å². The van der Waals surface area contributed by atoms with E-state index in [0.717, 1.165) is 15.3 Å². The lowest BCUT2D eigenvalue weighted by Crippen LogP contribution is -2.57. The van der Waals surface area contributed by atoms with Crippen molar-refractivity contribution in [1.82, 2.24) is 24.6 Å². The van der Waals surface area contributed by atoms with Crippen LogP contribution in [0.2, 0.25) is 0 Å². The van der Waals surface area contributed by atoms with Crippen molar-refractivity contribution in [1.29, 1.82) is 0 Å². The minimum atomic E-state index is -4.01. The van der Waals surface area contributed by atoms with Gasteiger partial charge in [-0.2, -0.15) is 17.4 Å². The summed E-state index contributed by atoms with van der Waals surface area (Å²) < 4.78 is 30.4. The van der Waals surface area contributed by atoms with Gasteiger partial charge in [0, 0.05) is 24.0 Å². The fourth-order valence-electron chi connectivity index (χ4n) is 4.74. The second kappa shape index (κ2) is 15.4. The maximum absolute atomic E-state index is 13.6. The number of hydrogen-bond acceptors (Lipinski definition) is 7. The summed E-state index contributed by atoms with van der Waals surface area (Å²) in [5, 5.41) is 17.6. The maximum Gasteiger partial charge on any atom is 0.280 e. The first-order valence-electron chi connectivity index (χ1n) is 14.8. The summed E-state index contributed by atoms with van der Waals surface area (Å²) in [5.41, 5.74) is 6.05. The number of primary amides is 1. The average molecular weight is 641 g/mol. The fourth-order valence-corrected chi connectivity index (χ4v) is 6.48. The standard InChI is InChI=1S/C32H44N6O6S/c1-21(2)19-38(45(43,44)37-32(3,4)5)20-28(39)26(17-22-11-7-6-8-12-22)35-31(42)27(18-29(33)40)36-30(41)25-16-15-23-13-9-10-14-24(23)34-25/h6-16,21,26-28,37,39H,17-20H2,1-5H3,(H2,33,40)(H,35,42)(H,36,41)/t26?,27-,28+/m0/s1. The van der Waals surface area contributed by atoms with Crippen molar-refractivity contribution < 1.29 is 27.9 Å². The lowest BCUT2D eigenvalue weighted by Gasteiger charge is -2.33. The highest BCUT2D eigenvalue weighted by Crippen LogP contribution is 2.15. The molecule has 0 aliphatic rings. The minimum Gasteiger partial charge on any atom is -0.390 e. The number of para-hydroxylation sites is 1. The lowest BCUT2D eigenvalue weighted by molar-refractivity contribution is -0.128. The van der Waals surface area contributed by atoms with Crippen molar-refractivity contribution in [2.45, 2.75) is 71.2 Å². The van der Waals surface area contributed by atoms with Crippen molar-refractivity contribution in [2.75, 3.05) is 13.1 Å². The molecule has 0 fully saturated rings. The Morgan fingerprint density at radius 3 is 2.20 bits per heavy atom. The third kappa shape index (κ3) is 11.2. The average Bonchev–Trinajstić information content (AvgIpc) is 2.94. The fraction of sp³-hybridized carbons (Fsp3) is 0.438. The molecule has 2 aromatic carbocycles. The number of aromatic nitrogens is 1. The first-order valence-corrected chi connectivity index (χ1v) is 16.2. The van der Waals surface area contributed by atoms with E-state index in [9.17, 15) is 27.9 Å². The molecule has 0 saturated carbocycles. The number of fused-ring (bicyclic) bond motifs is 1. The van der Waals surface area contributed by atoms with E-state index in [4.69, 9.17) is 5.73 Å². The number of aliphatic hydroxyl groups excluding tert-OH is 1. The summed E-state index contributed by atoms with van der Waals surface area (Å²) in [4.78, 5) is 43.0. The molecular weight excluding hydrogens is 596 g/mol. The van der Waals surface area contributed by atoms with Crippen LogP contribution in [-0.2, 0) is 26.2 Å². The number of carbonyl (C=O) groups excluding carboxylic acids is 3. The van der Waals surface area contributed by atoms with Gasteiger partial charge >= 0.3 is 0 Å². The molecule has 0 aliphatic carbocycles. The second-order valence-corrected chi connectivity index (χ2v) is 14.2. The van der Waals surface area contributed by atoms with E-state index < -0.39 is 58.1 Å². The molecule has 1 aromatic heterocycles. The monoisotopic (exact) mass is 640 g/mol. The van der Waals surface area contributed by atoms with Gasteiger partial charge in [-0.1, -0.05) is 68.4 Å². The molecule has 1 unspecified atom stereocenters. The van der Waals surface area contributed by atoms with Crippen LogP contribution in [0, 0.1) is 5.92 Å². The minimum absolute atomic E-state index is 0.0396. The highest BCUT2D eigenvalue weighted by Gasteiger charge is 2.34. The molecule has 12 nitrogen and oxygen atoms in total. The van der Waals surface area contributed by atoms with Crippen molar-refractivity contribution in [3.05, 3.63) is 78.0 Å². The molecule has 3 aromatic rings. The van der Waals surface area contributed by atoms with Crippen molar-refractivity contribution in [3.8, 4) is 0 Å². The number of benzene rings is 2. The Kier molecular flexibility index (Phi) is 12.2. The van der Waals surface area contributed by atoms with Gasteiger partial charge in [-0.25, -0.2) is 4.98 Å². The maximum atomic E-state index is 13.6. The molecule has 0 spiro atoms. The summed E-state index contributed by atoms with van der Waals surface area (Å²) in [6.45, 7) is 8.66.